The summed E-state index contributed by atoms with van der Waals surface area (Å²) in [6.07, 6.45) is 1.48. The van der Waals surface area contributed by atoms with Gasteiger partial charge in [-0.05, 0) is 18.2 Å². The molecule has 0 bridgehead atoms. The number of ether oxygens (including phenoxy) is 1. The van der Waals surface area contributed by atoms with Gasteiger partial charge in [0.25, 0.3) is 0 Å². The van der Waals surface area contributed by atoms with E-state index in [4.69, 9.17) is 4.74 Å². The number of halogens is 1. The summed E-state index contributed by atoms with van der Waals surface area (Å²) in [4.78, 5) is 11.7. The van der Waals surface area contributed by atoms with E-state index in [-0.39, 0.29) is 18.0 Å². The van der Waals surface area contributed by atoms with Crippen molar-refractivity contribution in [2.75, 3.05) is 0 Å². The summed E-state index contributed by atoms with van der Waals surface area (Å²) in [5.41, 5.74) is 0.935. The molecule has 0 unspecified atom stereocenters. The van der Waals surface area contributed by atoms with Gasteiger partial charge in [-0.25, -0.2) is 4.39 Å². The van der Waals surface area contributed by atoms with Gasteiger partial charge in [-0.15, -0.1) is 5.10 Å². The average molecular weight is 314 g/mol. The third-order valence-corrected chi connectivity index (χ3v) is 3.02. The summed E-state index contributed by atoms with van der Waals surface area (Å²) < 4.78 is 18.5. The first-order valence-corrected chi connectivity index (χ1v) is 6.67. The van der Waals surface area contributed by atoms with Gasteiger partial charge in [-0.1, -0.05) is 18.2 Å². The van der Waals surface area contributed by atoms with E-state index in [2.05, 4.69) is 10.2 Å². The molecule has 0 spiro atoms. The van der Waals surface area contributed by atoms with Crippen LogP contribution in [0.2, 0.25) is 0 Å². The topological polar surface area (TPSA) is 83.1 Å². The fourth-order valence-corrected chi connectivity index (χ4v) is 1.95. The molecule has 0 aliphatic rings. The third kappa shape index (κ3) is 3.31. The SMILES string of the molecule is O=[N+]([O-])c1ccc(F)cc1OCc1cnn(-c2ccccc2)n1. The summed E-state index contributed by atoms with van der Waals surface area (Å²) >= 11 is 0. The van der Waals surface area contributed by atoms with Crippen LogP contribution in [0.3, 0.4) is 0 Å². The highest BCUT2D eigenvalue weighted by atomic mass is 19.1. The lowest BCUT2D eigenvalue weighted by atomic mass is 10.3. The summed E-state index contributed by atoms with van der Waals surface area (Å²) in [6.45, 7) is -0.0584. The molecule has 0 radical (unpaired) electrons. The number of hydrogen-bond acceptors (Lipinski definition) is 5. The molecular formula is C15H11FN4O3. The van der Waals surface area contributed by atoms with Gasteiger partial charge in [-0.3, -0.25) is 10.1 Å². The molecule has 3 rings (SSSR count). The predicted octanol–water partition coefficient (Wildman–Crippen LogP) is 2.89. The lowest BCUT2D eigenvalue weighted by molar-refractivity contribution is -0.386. The van der Waals surface area contributed by atoms with E-state index in [0.29, 0.717) is 5.69 Å². The van der Waals surface area contributed by atoms with Crippen LogP contribution in [0.15, 0.2) is 54.7 Å². The Morgan fingerprint density at radius 2 is 2.00 bits per heavy atom. The summed E-state index contributed by atoms with van der Waals surface area (Å²) in [5, 5.41) is 19.2. The van der Waals surface area contributed by atoms with Crippen LogP contribution in [0.1, 0.15) is 5.69 Å². The second-order valence-corrected chi connectivity index (χ2v) is 4.62. The van der Waals surface area contributed by atoms with Crippen LogP contribution in [0.25, 0.3) is 5.69 Å². The Labute approximate surface area is 130 Å². The molecular weight excluding hydrogens is 303 g/mol. The van der Waals surface area contributed by atoms with E-state index < -0.39 is 10.7 Å². The minimum atomic E-state index is -0.629. The van der Waals surface area contributed by atoms with E-state index in [1.165, 1.54) is 11.0 Å². The zero-order valence-corrected chi connectivity index (χ0v) is 11.8. The van der Waals surface area contributed by atoms with Crippen LogP contribution in [-0.4, -0.2) is 19.9 Å². The maximum atomic E-state index is 13.2. The first-order chi connectivity index (χ1) is 11.1. The van der Waals surface area contributed by atoms with Gasteiger partial charge in [0, 0.05) is 12.1 Å². The highest BCUT2D eigenvalue weighted by Gasteiger charge is 2.16. The molecule has 8 heteroatoms. The molecule has 1 aromatic heterocycles. The van der Waals surface area contributed by atoms with Crippen molar-refractivity contribution in [3.05, 3.63) is 76.4 Å². The Hall–Kier alpha value is -3.29. The molecule has 2 aromatic carbocycles. The highest BCUT2D eigenvalue weighted by molar-refractivity contribution is 5.46. The number of benzene rings is 2. The largest absolute Gasteiger partial charge is 0.480 e. The number of rotatable bonds is 5. The Kier molecular flexibility index (Phi) is 3.96. The van der Waals surface area contributed by atoms with Crippen molar-refractivity contribution in [3.63, 3.8) is 0 Å². The Morgan fingerprint density at radius 3 is 2.74 bits per heavy atom. The van der Waals surface area contributed by atoms with Crippen LogP contribution in [0.4, 0.5) is 10.1 Å². The van der Waals surface area contributed by atoms with Crippen molar-refractivity contribution in [3.8, 4) is 11.4 Å². The molecule has 3 aromatic rings. The lowest BCUT2D eigenvalue weighted by Crippen LogP contribution is -2.02. The maximum Gasteiger partial charge on any atom is 0.311 e. The number of hydrogen-bond donors (Lipinski definition) is 0. The molecule has 1 heterocycles. The van der Waals surface area contributed by atoms with Gasteiger partial charge >= 0.3 is 5.69 Å². The summed E-state index contributed by atoms with van der Waals surface area (Å²) in [7, 11) is 0. The quantitative estimate of drug-likeness (QED) is 0.534. The first-order valence-electron chi connectivity index (χ1n) is 6.67. The fraction of sp³-hybridized carbons (Fsp3) is 0.0667. The molecule has 0 atom stereocenters. The van der Waals surface area contributed by atoms with Gasteiger partial charge in [0.15, 0.2) is 5.75 Å². The van der Waals surface area contributed by atoms with Crippen LogP contribution < -0.4 is 4.74 Å². The Morgan fingerprint density at radius 1 is 1.22 bits per heavy atom. The van der Waals surface area contributed by atoms with Crippen LogP contribution in [-0.2, 0) is 6.61 Å². The third-order valence-electron chi connectivity index (χ3n) is 3.02. The van der Waals surface area contributed by atoms with Gasteiger partial charge in [0.2, 0.25) is 0 Å². The molecule has 0 fully saturated rings. The monoisotopic (exact) mass is 314 g/mol. The van der Waals surface area contributed by atoms with Crippen LogP contribution in [0.5, 0.6) is 5.75 Å². The van der Waals surface area contributed by atoms with E-state index in [1.807, 2.05) is 30.3 Å². The normalized spacial score (nSPS) is 10.5. The van der Waals surface area contributed by atoms with E-state index in [9.17, 15) is 14.5 Å². The zero-order valence-electron chi connectivity index (χ0n) is 11.8. The molecule has 0 saturated carbocycles. The second kappa shape index (κ2) is 6.22. The Bertz CT molecular complexity index is 836. The molecule has 0 N–H and O–H groups in total. The maximum absolute atomic E-state index is 13.2. The molecule has 0 saturated heterocycles. The summed E-state index contributed by atoms with van der Waals surface area (Å²) in [6, 6.07) is 12.3. The fourth-order valence-electron chi connectivity index (χ4n) is 1.95. The van der Waals surface area contributed by atoms with Crippen molar-refractivity contribution >= 4 is 5.69 Å². The average Bonchev–Trinajstić information content (AvgIpc) is 3.02. The minimum absolute atomic E-state index is 0.0584. The predicted molar refractivity (Wildman–Crippen MR) is 78.7 cm³/mol. The van der Waals surface area contributed by atoms with E-state index in [1.54, 1.807) is 0 Å². The smallest absolute Gasteiger partial charge is 0.311 e. The van der Waals surface area contributed by atoms with Crippen LogP contribution in [0, 0.1) is 15.9 Å². The van der Waals surface area contributed by atoms with Gasteiger partial charge in [0.1, 0.15) is 18.1 Å². The van der Waals surface area contributed by atoms with Crippen molar-refractivity contribution in [2.45, 2.75) is 6.61 Å². The number of para-hydroxylation sites is 1. The minimum Gasteiger partial charge on any atom is -0.480 e. The van der Waals surface area contributed by atoms with Crippen LogP contribution >= 0.6 is 0 Å². The molecule has 0 amide bonds. The van der Waals surface area contributed by atoms with Gasteiger partial charge < -0.3 is 4.74 Å². The van der Waals surface area contributed by atoms with Crippen molar-refractivity contribution in [2.24, 2.45) is 0 Å². The second-order valence-electron chi connectivity index (χ2n) is 4.62. The standard InChI is InChI=1S/C15H11FN4O3/c16-11-6-7-14(20(21)22)15(8-11)23-10-12-9-17-19(18-12)13-4-2-1-3-5-13/h1-9H,10H2. The highest BCUT2D eigenvalue weighted by Crippen LogP contribution is 2.28. The molecule has 0 aliphatic carbocycles. The van der Waals surface area contributed by atoms with Gasteiger partial charge in [-0.2, -0.15) is 9.90 Å². The van der Waals surface area contributed by atoms with Crippen molar-refractivity contribution in [1.82, 2.24) is 15.0 Å². The van der Waals surface area contributed by atoms with Gasteiger partial charge in [0.05, 0.1) is 16.8 Å². The first kappa shape index (κ1) is 14.6. The zero-order chi connectivity index (χ0) is 16.2. The number of nitro benzene ring substituents is 1. The molecule has 116 valence electrons. The van der Waals surface area contributed by atoms with E-state index in [0.717, 1.165) is 23.9 Å². The number of nitrogens with zero attached hydrogens (tertiary/aromatic N) is 4. The number of nitro groups is 1. The lowest BCUT2D eigenvalue weighted by Gasteiger charge is -2.04. The van der Waals surface area contributed by atoms with Crippen molar-refractivity contribution in [1.29, 1.82) is 0 Å². The molecule has 7 nitrogen and oxygen atoms in total. The van der Waals surface area contributed by atoms with E-state index >= 15 is 0 Å². The molecule has 0 aliphatic heterocycles. The molecule has 23 heavy (non-hydrogen) atoms. The number of aromatic nitrogens is 3. The summed E-state index contributed by atoms with van der Waals surface area (Å²) in [5.74, 6) is -0.761. The Balaban J connectivity index is 1.76. The van der Waals surface area contributed by atoms with Crippen molar-refractivity contribution < 1.29 is 14.1 Å².